The number of carbonyl (C=O) groups is 4. The van der Waals surface area contributed by atoms with Gasteiger partial charge < -0.3 is 31.2 Å². The molecule has 8 rings (SSSR count). The van der Waals surface area contributed by atoms with Gasteiger partial charge in [-0.2, -0.15) is 0 Å². The van der Waals surface area contributed by atoms with Crippen LogP contribution >= 0.6 is 45.2 Å². The Balaban J connectivity index is 0.000000190. The van der Waals surface area contributed by atoms with E-state index in [2.05, 4.69) is 108 Å². The Morgan fingerprint density at radius 3 is 0.803 bits per heavy atom. The number of halogens is 2. The van der Waals surface area contributed by atoms with Gasteiger partial charge in [-0.05, 0) is 264 Å². The Kier molecular flexibility index (Phi) is 21.5. The minimum Gasteiger partial charge on any atom is -0.478 e. The maximum Gasteiger partial charge on any atom is 0.338 e. The topological polar surface area (TPSA) is 179 Å². The molecule has 0 spiro atoms. The molecule has 0 unspecified atom stereocenters. The van der Waals surface area contributed by atoms with Crippen molar-refractivity contribution in [3.05, 3.63) is 219 Å². The van der Waals surface area contributed by atoms with Crippen molar-refractivity contribution in [1.29, 1.82) is 0 Å². The number of rotatable bonds is 10. The number of carboxylic acid groups (broad SMARTS) is 2. The molecule has 0 saturated heterocycles. The van der Waals surface area contributed by atoms with Crippen molar-refractivity contribution in [2.45, 2.75) is 69.2 Å². The first-order valence-electron chi connectivity index (χ1n) is 24.5. The minimum atomic E-state index is -0.952. The first kappa shape index (κ1) is 59.6. The molecular weight excluding hydrogens is 1180 g/mol. The van der Waals surface area contributed by atoms with E-state index >= 15 is 0 Å². The van der Waals surface area contributed by atoms with E-state index in [1.807, 2.05) is 76.2 Å². The second kappa shape index (κ2) is 27.5. The first-order chi connectivity index (χ1) is 36.0. The molecule has 76 heavy (non-hydrogen) atoms. The molecule has 0 aromatic heterocycles. The van der Waals surface area contributed by atoms with E-state index in [0.29, 0.717) is 35.5 Å². The average molecular weight is 1240 g/mol. The van der Waals surface area contributed by atoms with Gasteiger partial charge in [-0.3, -0.25) is 0 Å². The summed E-state index contributed by atoms with van der Waals surface area (Å²) in [5, 5.41) is 18.0. The molecule has 0 radical (unpaired) electrons. The predicted molar refractivity (Wildman–Crippen MR) is 325 cm³/mol. The Morgan fingerprint density at radius 1 is 0.355 bits per heavy atom. The highest BCUT2D eigenvalue weighted by atomic mass is 127. The van der Waals surface area contributed by atoms with Gasteiger partial charge in [-0.25, -0.2) is 19.2 Å². The van der Waals surface area contributed by atoms with E-state index in [-0.39, 0.29) is 23.1 Å². The fourth-order valence-corrected chi connectivity index (χ4v) is 8.76. The number of carbonyl (C=O) groups excluding carboxylic acids is 2. The van der Waals surface area contributed by atoms with Crippen LogP contribution in [0.3, 0.4) is 0 Å². The van der Waals surface area contributed by atoms with Crippen molar-refractivity contribution < 1.29 is 38.9 Å². The number of ether oxygens (including phenoxy) is 2. The van der Waals surface area contributed by atoms with E-state index in [0.717, 1.165) is 55.9 Å². The fourth-order valence-electron chi connectivity index (χ4n) is 8.09. The molecule has 6 N–H and O–H groups in total. The summed E-state index contributed by atoms with van der Waals surface area (Å²) in [7, 11) is 0. The van der Waals surface area contributed by atoms with Crippen molar-refractivity contribution in [2.24, 2.45) is 0 Å². The van der Waals surface area contributed by atoms with Crippen molar-refractivity contribution >= 4 is 80.4 Å². The number of hydrogen-bond acceptors (Lipinski definition) is 8. The zero-order valence-electron chi connectivity index (χ0n) is 44.5. The lowest BCUT2D eigenvalue weighted by atomic mass is 9.97. The van der Waals surface area contributed by atoms with Gasteiger partial charge in [0.1, 0.15) is 0 Å². The monoisotopic (exact) mass is 1240 g/mol. The van der Waals surface area contributed by atoms with Crippen LogP contribution in [0.2, 0.25) is 0 Å². The zero-order valence-corrected chi connectivity index (χ0v) is 48.8. The Labute approximate surface area is 473 Å². The highest BCUT2D eigenvalue weighted by molar-refractivity contribution is 14.1. The maximum atomic E-state index is 11.9. The number of aryl methyl sites for hydroxylation is 8. The summed E-state index contributed by atoms with van der Waals surface area (Å²) in [6.07, 6.45) is 0. The molecule has 0 atom stereocenters. The van der Waals surface area contributed by atoms with E-state index < -0.39 is 11.9 Å². The number of carboxylic acids is 2. The summed E-state index contributed by atoms with van der Waals surface area (Å²) in [5.74, 6) is -2.52. The summed E-state index contributed by atoms with van der Waals surface area (Å²) in [6.45, 7) is 19.9. The van der Waals surface area contributed by atoms with Crippen molar-refractivity contribution in [3.8, 4) is 44.5 Å². The first-order valence-corrected chi connectivity index (χ1v) is 26.7. The molecule has 8 aromatic carbocycles. The third-order valence-electron chi connectivity index (χ3n) is 12.5. The Hall–Kier alpha value is -7.30. The summed E-state index contributed by atoms with van der Waals surface area (Å²) in [5.41, 5.74) is 31.6. The van der Waals surface area contributed by atoms with Gasteiger partial charge in [0.25, 0.3) is 0 Å². The van der Waals surface area contributed by atoms with E-state index in [4.69, 9.17) is 31.2 Å². The molecule has 0 heterocycles. The molecule has 0 saturated carbocycles. The summed E-state index contributed by atoms with van der Waals surface area (Å²) < 4.78 is 12.7. The number of nitrogen functional groups attached to an aromatic ring is 2. The number of anilines is 2. The molecule has 0 aliphatic rings. The summed E-state index contributed by atoms with van der Waals surface area (Å²) in [4.78, 5) is 45.7. The molecular formula is C64H64I2N2O8. The summed E-state index contributed by atoms with van der Waals surface area (Å²) in [6, 6.07) is 46.8. The van der Waals surface area contributed by atoms with Gasteiger partial charge in [0.15, 0.2) is 0 Å². The lowest BCUT2D eigenvalue weighted by Gasteiger charge is -2.11. The van der Waals surface area contributed by atoms with E-state index in [1.54, 1.807) is 76.2 Å². The molecule has 10 nitrogen and oxygen atoms in total. The summed E-state index contributed by atoms with van der Waals surface area (Å²) >= 11 is 4.74. The lowest BCUT2D eigenvalue weighted by molar-refractivity contribution is 0.0515. The van der Waals surface area contributed by atoms with Crippen LogP contribution in [0, 0.1) is 62.5 Å². The van der Waals surface area contributed by atoms with Gasteiger partial charge >= 0.3 is 23.9 Å². The highest BCUT2D eigenvalue weighted by Crippen LogP contribution is 2.30. The normalized spacial score (nSPS) is 10.4. The van der Waals surface area contributed by atoms with Gasteiger partial charge in [-0.1, -0.05) is 84.9 Å². The quantitative estimate of drug-likeness (QED) is 0.0585. The van der Waals surface area contributed by atoms with Crippen LogP contribution in [-0.4, -0.2) is 47.3 Å². The largest absolute Gasteiger partial charge is 0.478 e. The number of nitrogens with two attached hydrogens (primary N) is 2. The van der Waals surface area contributed by atoms with Crippen LogP contribution in [0.4, 0.5) is 11.4 Å². The molecule has 392 valence electrons. The standard InChI is InChI=1S/C20H22O4.C16H14O4.C14H12I2.C14H16N2/c1-5-23-19(21)17-9-7-15(11-13(17)3)16-8-10-18(14(4)12-16)20(22)24-6-2;1-9-7-11(3-5-13(9)15(17)18)12-4-6-14(16(19)20)10(2)8-12;2*1-9-7-11(3-5-13(9)15)12-4-6-14(16)10(2)8-12/h7-12H,5-6H2,1-4H3;3-8H,1-2H3,(H,17,18)(H,19,20);3-8H,1-2H3;3-8H,15-16H2,1-2H3. The van der Waals surface area contributed by atoms with Gasteiger partial charge in [0.05, 0.1) is 35.5 Å². The van der Waals surface area contributed by atoms with Crippen LogP contribution < -0.4 is 11.5 Å². The Morgan fingerprint density at radius 2 is 0.579 bits per heavy atom. The Bertz CT molecular complexity index is 3110. The SMILES string of the molecule is CCOC(=O)c1ccc(-c2ccc(C(=O)OCC)c(C)c2)cc1C.Cc1cc(-c2ccc(C(=O)O)c(C)c2)ccc1C(=O)O.Cc1cc(-c2ccc(I)c(C)c2)ccc1I.Cc1cc(-c2ccc(N)c(C)c2)ccc1N. The second-order valence-corrected chi connectivity index (χ2v) is 20.6. The molecule has 0 fully saturated rings. The molecule has 0 bridgehead atoms. The van der Waals surface area contributed by atoms with Gasteiger partial charge in [-0.15, -0.1) is 0 Å². The number of esters is 2. The molecule has 0 aliphatic carbocycles. The lowest BCUT2D eigenvalue weighted by Crippen LogP contribution is -2.07. The van der Waals surface area contributed by atoms with Crippen LogP contribution in [0.1, 0.15) is 99.8 Å². The highest BCUT2D eigenvalue weighted by Gasteiger charge is 2.15. The molecule has 12 heteroatoms. The van der Waals surface area contributed by atoms with Crippen molar-refractivity contribution in [1.82, 2.24) is 0 Å². The minimum absolute atomic E-state index is 0.271. The number of aromatic carboxylic acids is 2. The third kappa shape index (κ3) is 15.9. The fraction of sp³-hybridized carbons (Fsp3) is 0.188. The number of benzene rings is 8. The van der Waals surface area contributed by atoms with Crippen molar-refractivity contribution in [3.63, 3.8) is 0 Å². The molecule has 8 aromatic rings. The third-order valence-corrected chi connectivity index (χ3v) is 15.0. The van der Waals surface area contributed by atoms with Crippen LogP contribution in [0.5, 0.6) is 0 Å². The van der Waals surface area contributed by atoms with Crippen LogP contribution in [0.25, 0.3) is 44.5 Å². The van der Waals surface area contributed by atoms with E-state index in [9.17, 15) is 19.2 Å². The second-order valence-electron chi connectivity index (χ2n) is 18.2. The molecule has 0 amide bonds. The van der Waals surface area contributed by atoms with E-state index in [1.165, 1.54) is 40.5 Å². The maximum absolute atomic E-state index is 11.9. The van der Waals surface area contributed by atoms with Gasteiger partial charge in [0, 0.05) is 18.5 Å². The van der Waals surface area contributed by atoms with Gasteiger partial charge in [0.2, 0.25) is 0 Å². The smallest absolute Gasteiger partial charge is 0.338 e. The van der Waals surface area contributed by atoms with Crippen LogP contribution in [-0.2, 0) is 9.47 Å². The van der Waals surface area contributed by atoms with Crippen molar-refractivity contribution in [2.75, 3.05) is 24.7 Å². The molecule has 0 aliphatic heterocycles. The average Bonchev–Trinajstić information content (AvgIpc) is 3.37. The number of hydrogen-bond donors (Lipinski definition) is 4. The zero-order chi connectivity index (χ0) is 56.0. The predicted octanol–water partition coefficient (Wildman–Crippen LogP) is 16.0. The van der Waals surface area contributed by atoms with Crippen LogP contribution in [0.15, 0.2) is 146 Å².